The van der Waals surface area contributed by atoms with E-state index >= 15 is 0 Å². The lowest BCUT2D eigenvalue weighted by atomic mass is 9.90. The molecule has 0 bridgehead atoms. The van der Waals surface area contributed by atoms with E-state index in [0.29, 0.717) is 17.3 Å². The maximum Gasteiger partial charge on any atom is 0.315 e. The summed E-state index contributed by atoms with van der Waals surface area (Å²) in [7, 11) is 0. The van der Waals surface area contributed by atoms with Crippen LogP contribution in [-0.2, 0) is 6.54 Å². The standard InChI is InChI=1S/C20H23ClN4O2/c21-18-11-10-15(13-22-18)19(26)24-16-8-4-5-9-17(16)25-20(27)23-12-14-6-2-1-3-7-14/h1-3,6-7,10-11,13,16-17H,4-5,8-9,12H2,(H,24,26)(H2,23,25,27). The summed E-state index contributed by atoms with van der Waals surface area (Å²) in [5, 5.41) is 9.24. The number of amides is 3. The molecule has 3 N–H and O–H groups in total. The van der Waals surface area contributed by atoms with Crippen molar-refractivity contribution in [2.45, 2.75) is 44.3 Å². The van der Waals surface area contributed by atoms with Crippen LogP contribution >= 0.6 is 11.6 Å². The van der Waals surface area contributed by atoms with Crippen LogP contribution in [0, 0.1) is 0 Å². The Morgan fingerprint density at radius 3 is 2.37 bits per heavy atom. The first-order valence-corrected chi connectivity index (χ1v) is 9.50. The lowest BCUT2D eigenvalue weighted by Gasteiger charge is -2.32. The van der Waals surface area contributed by atoms with E-state index in [4.69, 9.17) is 11.6 Å². The number of aromatic nitrogens is 1. The zero-order valence-corrected chi connectivity index (χ0v) is 15.7. The molecule has 2 unspecified atom stereocenters. The lowest BCUT2D eigenvalue weighted by molar-refractivity contribution is 0.0915. The molecule has 0 radical (unpaired) electrons. The minimum Gasteiger partial charge on any atom is -0.347 e. The Labute approximate surface area is 163 Å². The monoisotopic (exact) mass is 386 g/mol. The average molecular weight is 387 g/mol. The summed E-state index contributed by atoms with van der Waals surface area (Å²) in [6, 6.07) is 12.5. The number of pyridine rings is 1. The van der Waals surface area contributed by atoms with Gasteiger partial charge in [-0.2, -0.15) is 0 Å². The second-order valence-corrected chi connectivity index (χ2v) is 7.04. The van der Waals surface area contributed by atoms with Crippen LogP contribution in [0.2, 0.25) is 5.15 Å². The van der Waals surface area contributed by atoms with Crippen molar-refractivity contribution in [2.75, 3.05) is 0 Å². The van der Waals surface area contributed by atoms with Crippen molar-refractivity contribution in [3.05, 3.63) is 64.9 Å². The van der Waals surface area contributed by atoms with Crippen molar-refractivity contribution in [1.82, 2.24) is 20.9 Å². The summed E-state index contributed by atoms with van der Waals surface area (Å²) in [5.74, 6) is -0.206. The van der Waals surface area contributed by atoms with Gasteiger partial charge in [0.15, 0.2) is 0 Å². The van der Waals surface area contributed by atoms with E-state index in [1.807, 2.05) is 30.3 Å². The van der Waals surface area contributed by atoms with Gasteiger partial charge in [0.1, 0.15) is 5.15 Å². The molecular formula is C20H23ClN4O2. The summed E-state index contributed by atoms with van der Waals surface area (Å²) in [5.41, 5.74) is 1.49. The number of urea groups is 1. The second-order valence-electron chi connectivity index (χ2n) is 6.65. The maximum atomic E-state index is 12.4. The number of benzene rings is 1. The highest BCUT2D eigenvalue weighted by molar-refractivity contribution is 6.29. The van der Waals surface area contributed by atoms with Gasteiger partial charge in [-0.25, -0.2) is 9.78 Å². The molecule has 3 amide bonds. The highest BCUT2D eigenvalue weighted by Crippen LogP contribution is 2.19. The van der Waals surface area contributed by atoms with Gasteiger partial charge >= 0.3 is 6.03 Å². The van der Waals surface area contributed by atoms with Crippen LogP contribution in [0.25, 0.3) is 0 Å². The van der Waals surface area contributed by atoms with Crippen LogP contribution in [0.4, 0.5) is 4.79 Å². The zero-order chi connectivity index (χ0) is 19.1. The number of halogens is 1. The van der Waals surface area contributed by atoms with E-state index in [0.717, 1.165) is 31.2 Å². The molecule has 2 aromatic rings. The fourth-order valence-electron chi connectivity index (χ4n) is 3.24. The number of hydrogen-bond acceptors (Lipinski definition) is 3. The Morgan fingerprint density at radius 1 is 1.00 bits per heavy atom. The molecule has 0 aliphatic heterocycles. The van der Waals surface area contributed by atoms with Crippen LogP contribution in [-0.4, -0.2) is 29.0 Å². The van der Waals surface area contributed by atoms with E-state index in [1.54, 1.807) is 12.1 Å². The second kappa shape index (κ2) is 9.37. The third kappa shape index (κ3) is 5.69. The van der Waals surface area contributed by atoms with E-state index < -0.39 is 0 Å². The predicted octanol–water partition coefficient (Wildman–Crippen LogP) is 3.28. The molecule has 142 valence electrons. The molecule has 6 nitrogen and oxygen atoms in total. The molecule has 27 heavy (non-hydrogen) atoms. The Bertz CT molecular complexity index is 767. The number of carbonyl (C=O) groups is 2. The zero-order valence-electron chi connectivity index (χ0n) is 15.0. The quantitative estimate of drug-likeness (QED) is 0.689. The molecular weight excluding hydrogens is 364 g/mol. The summed E-state index contributed by atoms with van der Waals surface area (Å²) in [4.78, 5) is 28.6. The number of hydrogen-bond donors (Lipinski definition) is 3. The van der Waals surface area contributed by atoms with Gasteiger partial charge in [-0.05, 0) is 30.5 Å². The van der Waals surface area contributed by atoms with Gasteiger partial charge in [0.05, 0.1) is 11.6 Å². The van der Waals surface area contributed by atoms with Gasteiger partial charge in [0.2, 0.25) is 0 Å². The smallest absolute Gasteiger partial charge is 0.315 e. The number of carbonyl (C=O) groups excluding carboxylic acids is 2. The molecule has 1 aliphatic rings. The molecule has 1 fully saturated rings. The van der Waals surface area contributed by atoms with Gasteiger partial charge in [0, 0.05) is 18.8 Å². The third-order valence-electron chi connectivity index (χ3n) is 4.68. The molecule has 0 spiro atoms. The highest BCUT2D eigenvalue weighted by Gasteiger charge is 2.28. The molecule has 1 aromatic heterocycles. The fourth-order valence-corrected chi connectivity index (χ4v) is 3.35. The van der Waals surface area contributed by atoms with Crippen molar-refractivity contribution in [2.24, 2.45) is 0 Å². The van der Waals surface area contributed by atoms with Crippen LogP contribution in [0.3, 0.4) is 0 Å². The molecule has 2 atom stereocenters. The van der Waals surface area contributed by atoms with E-state index in [9.17, 15) is 9.59 Å². The van der Waals surface area contributed by atoms with Crippen molar-refractivity contribution in [3.8, 4) is 0 Å². The van der Waals surface area contributed by atoms with E-state index in [-0.39, 0.29) is 24.0 Å². The lowest BCUT2D eigenvalue weighted by Crippen LogP contribution is -2.55. The van der Waals surface area contributed by atoms with Gasteiger partial charge < -0.3 is 16.0 Å². The summed E-state index contributed by atoms with van der Waals surface area (Å²) in [6.07, 6.45) is 5.17. The first-order valence-electron chi connectivity index (χ1n) is 9.12. The molecule has 3 rings (SSSR count). The van der Waals surface area contributed by atoms with Crippen LogP contribution < -0.4 is 16.0 Å². The van der Waals surface area contributed by atoms with Gasteiger partial charge in [-0.1, -0.05) is 54.8 Å². The molecule has 1 aliphatic carbocycles. The molecule has 1 saturated carbocycles. The molecule has 0 saturated heterocycles. The third-order valence-corrected chi connectivity index (χ3v) is 4.91. The number of rotatable bonds is 5. The van der Waals surface area contributed by atoms with E-state index in [1.165, 1.54) is 6.20 Å². The van der Waals surface area contributed by atoms with Crippen molar-refractivity contribution < 1.29 is 9.59 Å². The average Bonchev–Trinajstić information content (AvgIpc) is 2.69. The minimum atomic E-state index is -0.224. The Balaban J connectivity index is 1.54. The fraction of sp³-hybridized carbons (Fsp3) is 0.350. The van der Waals surface area contributed by atoms with Crippen molar-refractivity contribution >= 4 is 23.5 Å². The van der Waals surface area contributed by atoms with Crippen molar-refractivity contribution in [3.63, 3.8) is 0 Å². The highest BCUT2D eigenvalue weighted by atomic mass is 35.5. The largest absolute Gasteiger partial charge is 0.347 e. The number of nitrogens with one attached hydrogen (secondary N) is 3. The van der Waals surface area contributed by atoms with Gasteiger partial charge in [-0.3, -0.25) is 4.79 Å². The Hall–Kier alpha value is -2.60. The summed E-state index contributed by atoms with van der Waals surface area (Å²) >= 11 is 5.77. The minimum absolute atomic E-state index is 0.0984. The summed E-state index contributed by atoms with van der Waals surface area (Å²) in [6.45, 7) is 0.465. The molecule has 7 heteroatoms. The number of nitrogens with zero attached hydrogens (tertiary/aromatic N) is 1. The molecule has 1 heterocycles. The van der Waals surface area contributed by atoms with Gasteiger partial charge in [-0.15, -0.1) is 0 Å². The SMILES string of the molecule is O=C(NCc1ccccc1)NC1CCCCC1NC(=O)c1ccc(Cl)nc1. The first kappa shape index (κ1) is 19.2. The Morgan fingerprint density at radius 2 is 1.70 bits per heavy atom. The maximum absolute atomic E-state index is 12.4. The Kier molecular flexibility index (Phi) is 6.65. The first-order chi connectivity index (χ1) is 13.1. The van der Waals surface area contributed by atoms with Gasteiger partial charge in [0.25, 0.3) is 5.91 Å². The predicted molar refractivity (Wildman–Crippen MR) is 105 cm³/mol. The van der Waals surface area contributed by atoms with Crippen LogP contribution in [0.1, 0.15) is 41.6 Å². The topological polar surface area (TPSA) is 83.1 Å². The van der Waals surface area contributed by atoms with Crippen molar-refractivity contribution in [1.29, 1.82) is 0 Å². The van der Waals surface area contributed by atoms with Crippen LogP contribution in [0.5, 0.6) is 0 Å². The summed E-state index contributed by atoms with van der Waals surface area (Å²) < 4.78 is 0. The van der Waals surface area contributed by atoms with E-state index in [2.05, 4.69) is 20.9 Å². The normalized spacial score (nSPS) is 19.1. The molecule has 1 aromatic carbocycles. The van der Waals surface area contributed by atoms with Crippen LogP contribution in [0.15, 0.2) is 48.7 Å².